The third-order valence-corrected chi connectivity index (χ3v) is 5.70. The largest absolute Gasteiger partial charge is 0.497 e. The van der Waals surface area contributed by atoms with Gasteiger partial charge in [0, 0.05) is 45.8 Å². The number of rotatable bonds is 8. The van der Waals surface area contributed by atoms with Crippen molar-refractivity contribution >= 4 is 35.6 Å². The molecular formula is C23H32IN7O2. The van der Waals surface area contributed by atoms with Crippen molar-refractivity contribution in [3.05, 3.63) is 60.0 Å². The van der Waals surface area contributed by atoms with Crippen molar-refractivity contribution in [1.29, 1.82) is 0 Å². The molecule has 1 unspecified atom stereocenters. The van der Waals surface area contributed by atoms with Crippen LogP contribution in [0, 0.1) is 0 Å². The molecule has 1 saturated heterocycles. The van der Waals surface area contributed by atoms with Crippen LogP contribution in [0.15, 0.2) is 53.7 Å². The highest BCUT2D eigenvalue weighted by molar-refractivity contribution is 14.0. The zero-order valence-corrected chi connectivity index (χ0v) is 21.4. The fourth-order valence-electron chi connectivity index (χ4n) is 3.94. The summed E-state index contributed by atoms with van der Waals surface area (Å²) in [4.78, 5) is 6.85. The lowest BCUT2D eigenvalue weighted by atomic mass is 10.0. The van der Waals surface area contributed by atoms with E-state index in [1.165, 1.54) is 5.56 Å². The first kappa shape index (κ1) is 25.2. The van der Waals surface area contributed by atoms with Crippen LogP contribution in [-0.4, -0.2) is 79.0 Å². The number of aromatic nitrogens is 3. The predicted molar refractivity (Wildman–Crippen MR) is 140 cm³/mol. The maximum absolute atomic E-state index is 5.56. The van der Waals surface area contributed by atoms with E-state index >= 15 is 0 Å². The molecule has 1 aromatic carbocycles. The average Bonchev–Trinajstić information content (AvgIpc) is 3.27. The van der Waals surface area contributed by atoms with Crippen LogP contribution in [0.3, 0.4) is 0 Å². The van der Waals surface area contributed by atoms with E-state index in [9.17, 15) is 0 Å². The smallest absolute Gasteiger partial charge is 0.191 e. The molecule has 0 aliphatic carbocycles. The van der Waals surface area contributed by atoms with E-state index in [1.807, 2.05) is 40.9 Å². The van der Waals surface area contributed by atoms with Gasteiger partial charge in [-0.25, -0.2) is 0 Å². The summed E-state index contributed by atoms with van der Waals surface area (Å²) in [6, 6.07) is 14.4. The van der Waals surface area contributed by atoms with Crippen molar-refractivity contribution in [2.45, 2.75) is 12.5 Å². The minimum atomic E-state index is 0. The Bertz CT molecular complexity index is 1020. The first-order valence-corrected chi connectivity index (χ1v) is 11.0. The third-order valence-electron chi connectivity index (χ3n) is 5.70. The molecule has 10 heteroatoms. The third kappa shape index (κ3) is 6.55. The Labute approximate surface area is 211 Å². The lowest BCUT2D eigenvalue weighted by Crippen LogP contribution is -2.46. The molecule has 33 heavy (non-hydrogen) atoms. The van der Waals surface area contributed by atoms with E-state index in [0.717, 1.165) is 62.4 Å². The second-order valence-electron chi connectivity index (χ2n) is 7.61. The number of hydrogen-bond acceptors (Lipinski definition) is 6. The molecule has 2 N–H and O–H groups in total. The quantitative estimate of drug-likeness (QED) is 0.246. The number of pyridine rings is 1. The molecule has 3 heterocycles. The molecule has 1 atom stereocenters. The van der Waals surface area contributed by atoms with Gasteiger partial charge in [-0.05, 0) is 29.8 Å². The molecule has 4 rings (SSSR count). The Morgan fingerprint density at radius 1 is 1.12 bits per heavy atom. The number of nitrogens with zero attached hydrogens (tertiary/aromatic N) is 5. The second kappa shape index (κ2) is 12.7. The predicted octanol–water partition coefficient (Wildman–Crippen LogP) is 2.14. The van der Waals surface area contributed by atoms with Gasteiger partial charge < -0.3 is 20.1 Å². The highest BCUT2D eigenvalue weighted by Gasteiger charge is 2.23. The van der Waals surface area contributed by atoms with Crippen LogP contribution in [0.5, 0.6) is 5.75 Å². The Hall–Kier alpha value is -2.44. The first-order chi connectivity index (χ1) is 15.8. The minimum absolute atomic E-state index is 0. The summed E-state index contributed by atoms with van der Waals surface area (Å²) in [5, 5.41) is 15.4. The Morgan fingerprint density at radius 3 is 2.64 bits per heavy atom. The fraction of sp³-hybridized carbons (Fsp3) is 0.435. The summed E-state index contributed by atoms with van der Waals surface area (Å²) >= 11 is 0. The number of ether oxygens (including phenoxy) is 2. The van der Waals surface area contributed by atoms with Crippen LogP contribution in [0.4, 0.5) is 0 Å². The number of nitrogens with one attached hydrogen (secondary N) is 2. The van der Waals surface area contributed by atoms with Crippen molar-refractivity contribution in [2.75, 3.05) is 53.6 Å². The number of fused-ring (bicyclic) bond motifs is 1. The summed E-state index contributed by atoms with van der Waals surface area (Å²) < 4.78 is 12.9. The SMILES string of the molecule is CN=C(NCCc1nnc2ccccn12)NCC(c1ccc(OC)cc1)N1CCOCC1.I. The molecule has 1 fully saturated rings. The van der Waals surface area contributed by atoms with Crippen LogP contribution < -0.4 is 15.4 Å². The monoisotopic (exact) mass is 565 g/mol. The Morgan fingerprint density at radius 2 is 1.91 bits per heavy atom. The van der Waals surface area contributed by atoms with Gasteiger partial charge in [0.1, 0.15) is 11.6 Å². The molecular weight excluding hydrogens is 533 g/mol. The zero-order valence-electron chi connectivity index (χ0n) is 19.1. The first-order valence-electron chi connectivity index (χ1n) is 11.0. The minimum Gasteiger partial charge on any atom is -0.497 e. The topological polar surface area (TPSA) is 88.3 Å². The van der Waals surface area contributed by atoms with Crippen LogP contribution >= 0.6 is 24.0 Å². The highest BCUT2D eigenvalue weighted by atomic mass is 127. The van der Waals surface area contributed by atoms with E-state index in [-0.39, 0.29) is 30.0 Å². The summed E-state index contributed by atoms with van der Waals surface area (Å²) in [5.74, 6) is 2.56. The lowest BCUT2D eigenvalue weighted by Gasteiger charge is -2.35. The van der Waals surface area contributed by atoms with Gasteiger partial charge in [-0.15, -0.1) is 34.2 Å². The van der Waals surface area contributed by atoms with Crippen molar-refractivity contribution in [1.82, 2.24) is 30.1 Å². The van der Waals surface area contributed by atoms with E-state index < -0.39 is 0 Å². The number of halogens is 1. The van der Waals surface area contributed by atoms with Crippen molar-refractivity contribution in [3.63, 3.8) is 0 Å². The summed E-state index contributed by atoms with van der Waals surface area (Å²) in [6.07, 6.45) is 2.73. The normalized spacial score (nSPS) is 15.6. The molecule has 1 aliphatic heterocycles. The maximum atomic E-state index is 5.56. The average molecular weight is 565 g/mol. The van der Waals surface area contributed by atoms with Gasteiger partial charge in [0.25, 0.3) is 0 Å². The zero-order chi connectivity index (χ0) is 22.2. The molecule has 178 valence electrons. The highest BCUT2D eigenvalue weighted by Crippen LogP contribution is 2.23. The second-order valence-corrected chi connectivity index (χ2v) is 7.61. The molecule has 0 bridgehead atoms. The van der Waals surface area contributed by atoms with Gasteiger partial charge >= 0.3 is 0 Å². The van der Waals surface area contributed by atoms with E-state index in [1.54, 1.807) is 14.2 Å². The van der Waals surface area contributed by atoms with Gasteiger partial charge in [0.05, 0.1) is 26.4 Å². The summed E-state index contributed by atoms with van der Waals surface area (Å²) in [6.45, 7) is 4.77. The molecule has 0 amide bonds. The van der Waals surface area contributed by atoms with Crippen LogP contribution in [0.25, 0.3) is 5.65 Å². The van der Waals surface area contributed by atoms with Gasteiger partial charge in [0.15, 0.2) is 11.6 Å². The molecule has 3 aromatic rings. The number of methoxy groups -OCH3 is 1. The van der Waals surface area contributed by atoms with Crippen LogP contribution in [-0.2, 0) is 11.2 Å². The number of guanidine groups is 1. The van der Waals surface area contributed by atoms with E-state index in [4.69, 9.17) is 9.47 Å². The maximum Gasteiger partial charge on any atom is 0.191 e. The summed E-state index contributed by atoms with van der Waals surface area (Å²) in [7, 11) is 3.48. The Balaban J connectivity index is 0.00000306. The molecule has 0 saturated carbocycles. The molecule has 9 nitrogen and oxygen atoms in total. The van der Waals surface area contributed by atoms with Crippen molar-refractivity contribution in [2.24, 2.45) is 4.99 Å². The molecule has 0 radical (unpaired) electrons. The molecule has 2 aromatic heterocycles. The van der Waals surface area contributed by atoms with Gasteiger partial charge in [-0.1, -0.05) is 18.2 Å². The number of morpholine rings is 1. The van der Waals surface area contributed by atoms with Gasteiger partial charge in [-0.2, -0.15) is 0 Å². The van der Waals surface area contributed by atoms with Crippen LogP contribution in [0.2, 0.25) is 0 Å². The Kier molecular flexibility index (Phi) is 9.70. The summed E-state index contributed by atoms with van der Waals surface area (Å²) in [5.41, 5.74) is 2.10. The van der Waals surface area contributed by atoms with Crippen molar-refractivity contribution in [3.8, 4) is 5.75 Å². The molecule has 1 aliphatic rings. The lowest BCUT2D eigenvalue weighted by molar-refractivity contribution is 0.0170. The number of aliphatic imine (C=N–C) groups is 1. The molecule has 0 spiro atoms. The van der Waals surface area contributed by atoms with Crippen LogP contribution in [0.1, 0.15) is 17.4 Å². The fourth-order valence-corrected chi connectivity index (χ4v) is 3.94. The standard InChI is InChI=1S/C23H31N7O2.HI/c1-24-23(25-11-10-22-28-27-21-5-3-4-12-30(21)22)26-17-20(29-13-15-32-16-14-29)18-6-8-19(31-2)9-7-18;/h3-9,12,20H,10-11,13-17H2,1-2H3,(H2,24,25,26);1H. The van der Waals surface area contributed by atoms with Crippen molar-refractivity contribution < 1.29 is 9.47 Å². The number of benzene rings is 1. The van der Waals surface area contributed by atoms with E-state index in [2.05, 4.69) is 42.9 Å². The van der Waals surface area contributed by atoms with Gasteiger partial charge in [0.2, 0.25) is 0 Å². The van der Waals surface area contributed by atoms with Gasteiger partial charge in [-0.3, -0.25) is 14.3 Å². The number of hydrogen-bond donors (Lipinski definition) is 2. The van der Waals surface area contributed by atoms with E-state index in [0.29, 0.717) is 6.54 Å².